The van der Waals surface area contributed by atoms with Crippen molar-refractivity contribution in [2.75, 3.05) is 6.54 Å². The predicted octanol–water partition coefficient (Wildman–Crippen LogP) is 2.44. The van der Waals surface area contributed by atoms with Crippen LogP contribution in [0.4, 0.5) is 0 Å². The molecule has 0 spiro atoms. The number of benzene rings is 1. The summed E-state index contributed by atoms with van der Waals surface area (Å²) in [6.45, 7) is 2.93. The normalized spacial score (nSPS) is 29.9. The highest BCUT2D eigenvalue weighted by Gasteiger charge is 2.38. The van der Waals surface area contributed by atoms with Gasteiger partial charge in [-0.15, -0.1) is 12.4 Å². The summed E-state index contributed by atoms with van der Waals surface area (Å²) < 4.78 is 1.07. The molecule has 2 unspecified atom stereocenters. The summed E-state index contributed by atoms with van der Waals surface area (Å²) in [5.74, 6) is 0. The number of aliphatic hydroxyl groups excluding tert-OH is 1. The first kappa shape index (κ1) is 13.0. The van der Waals surface area contributed by atoms with Gasteiger partial charge >= 0.3 is 0 Å². The van der Waals surface area contributed by atoms with Gasteiger partial charge in [-0.25, -0.2) is 0 Å². The Morgan fingerprint density at radius 2 is 2.00 bits per heavy atom. The van der Waals surface area contributed by atoms with Crippen LogP contribution in [0.5, 0.6) is 0 Å². The van der Waals surface area contributed by atoms with Gasteiger partial charge in [0.15, 0.2) is 0 Å². The smallest absolute Gasteiger partial charge is 0.0772 e. The topological polar surface area (TPSA) is 32.3 Å². The van der Waals surface area contributed by atoms with Crippen LogP contribution >= 0.6 is 28.3 Å². The maximum Gasteiger partial charge on any atom is 0.0772 e. The molecule has 2 rings (SSSR count). The third-order valence-electron chi connectivity index (χ3n) is 3.02. The van der Waals surface area contributed by atoms with E-state index in [2.05, 4.69) is 21.2 Å². The monoisotopic (exact) mass is 291 g/mol. The van der Waals surface area contributed by atoms with Crippen LogP contribution in [0.2, 0.25) is 0 Å². The number of nitrogens with one attached hydrogen (secondary N) is 1. The zero-order chi connectivity index (χ0) is 10.2. The fourth-order valence-corrected chi connectivity index (χ4v) is 2.23. The molecule has 0 saturated carbocycles. The highest BCUT2D eigenvalue weighted by molar-refractivity contribution is 9.10. The molecular weight excluding hydrogens is 277 g/mol. The Morgan fingerprint density at radius 3 is 2.47 bits per heavy atom. The van der Waals surface area contributed by atoms with E-state index in [0.29, 0.717) is 0 Å². The zero-order valence-electron chi connectivity index (χ0n) is 8.53. The number of aliphatic hydroxyl groups is 1. The van der Waals surface area contributed by atoms with Gasteiger partial charge in [-0.2, -0.15) is 0 Å². The molecule has 84 valence electrons. The third kappa shape index (κ3) is 2.36. The van der Waals surface area contributed by atoms with Crippen molar-refractivity contribution in [1.82, 2.24) is 5.32 Å². The van der Waals surface area contributed by atoms with Gasteiger partial charge in [0.2, 0.25) is 0 Å². The van der Waals surface area contributed by atoms with Crippen molar-refractivity contribution in [2.24, 2.45) is 0 Å². The molecule has 1 fully saturated rings. The first-order valence-corrected chi connectivity index (χ1v) is 5.61. The van der Waals surface area contributed by atoms with Gasteiger partial charge in [-0.1, -0.05) is 28.1 Å². The van der Waals surface area contributed by atoms with Crippen LogP contribution in [0, 0.1) is 0 Å². The summed E-state index contributed by atoms with van der Waals surface area (Å²) in [5.41, 5.74) is 0.867. The summed E-state index contributed by atoms with van der Waals surface area (Å²) in [6, 6.07) is 8.11. The van der Waals surface area contributed by atoms with Crippen LogP contribution in [0.3, 0.4) is 0 Å². The summed E-state index contributed by atoms with van der Waals surface area (Å²) in [4.78, 5) is 0. The van der Waals surface area contributed by atoms with Gasteiger partial charge in [0.25, 0.3) is 0 Å². The molecular formula is C11H15BrClNO. The lowest BCUT2D eigenvalue weighted by molar-refractivity contribution is 0.107. The average Bonchev–Trinajstić information content (AvgIpc) is 2.49. The molecule has 2 N–H and O–H groups in total. The van der Waals surface area contributed by atoms with Crippen molar-refractivity contribution in [2.45, 2.75) is 25.0 Å². The molecule has 0 aromatic heterocycles. The minimum Gasteiger partial charge on any atom is -0.391 e. The van der Waals surface area contributed by atoms with E-state index in [1.165, 1.54) is 0 Å². The third-order valence-corrected chi connectivity index (χ3v) is 3.55. The Hall–Kier alpha value is -0.0900. The van der Waals surface area contributed by atoms with Gasteiger partial charge in [0.05, 0.1) is 11.6 Å². The molecule has 1 aromatic rings. The van der Waals surface area contributed by atoms with Gasteiger partial charge < -0.3 is 10.4 Å². The minimum absolute atomic E-state index is 0. The molecule has 2 nitrogen and oxygen atoms in total. The lowest BCUT2D eigenvalue weighted by Crippen LogP contribution is -2.41. The van der Waals surface area contributed by atoms with E-state index in [0.717, 1.165) is 23.0 Å². The van der Waals surface area contributed by atoms with Gasteiger partial charge in [-0.05, 0) is 37.6 Å². The molecule has 1 aliphatic heterocycles. The van der Waals surface area contributed by atoms with E-state index < -0.39 is 0 Å². The van der Waals surface area contributed by atoms with Gasteiger partial charge in [-0.3, -0.25) is 0 Å². The Morgan fingerprint density at radius 1 is 1.40 bits per heavy atom. The standard InChI is InChI=1S/C11H14BrNO.ClH/c1-11(10(14)6-7-13-11)8-2-4-9(12)5-3-8;/h2-5,10,13-14H,6-7H2,1H3;1H. The summed E-state index contributed by atoms with van der Waals surface area (Å²) in [5, 5.41) is 13.2. The number of hydrogen-bond donors (Lipinski definition) is 2. The quantitative estimate of drug-likeness (QED) is 0.833. The van der Waals surface area contributed by atoms with E-state index in [1.807, 2.05) is 31.2 Å². The van der Waals surface area contributed by atoms with E-state index in [4.69, 9.17) is 0 Å². The maximum absolute atomic E-state index is 9.90. The second-order valence-electron chi connectivity index (χ2n) is 3.94. The van der Waals surface area contributed by atoms with E-state index in [9.17, 15) is 5.11 Å². The summed E-state index contributed by atoms with van der Waals surface area (Å²) >= 11 is 3.40. The lowest BCUT2D eigenvalue weighted by Gasteiger charge is -2.29. The van der Waals surface area contributed by atoms with Crippen LogP contribution < -0.4 is 5.32 Å². The SMILES string of the molecule is CC1(c2ccc(Br)cc2)NCCC1O.Cl. The molecule has 1 saturated heterocycles. The fourth-order valence-electron chi connectivity index (χ4n) is 1.97. The molecule has 0 bridgehead atoms. The van der Waals surface area contributed by atoms with E-state index >= 15 is 0 Å². The lowest BCUT2D eigenvalue weighted by atomic mass is 9.88. The highest BCUT2D eigenvalue weighted by Crippen LogP contribution is 2.31. The number of hydrogen-bond acceptors (Lipinski definition) is 2. The van der Waals surface area contributed by atoms with Crippen molar-refractivity contribution < 1.29 is 5.11 Å². The average molecular weight is 293 g/mol. The van der Waals surface area contributed by atoms with Crippen LogP contribution in [-0.4, -0.2) is 17.8 Å². The maximum atomic E-state index is 9.90. The first-order valence-electron chi connectivity index (χ1n) is 4.82. The second-order valence-corrected chi connectivity index (χ2v) is 4.86. The molecule has 1 aliphatic rings. The molecule has 0 aliphatic carbocycles. The fraction of sp³-hybridized carbons (Fsp3) is 0.455. The highest BCUT2D eigenvalue weighted by atomic mass is 79.9. The van der Waals surface area contributed by atoms with Gasteiger partial charge in [0, 0.05) is 4.47 Å². The molecule has 1 aromatic carbocycles. The van der Waals surface area contributed by atoms with Crippen LogP contribution in [0.25, 0.3) is 0 Å². The second kappa shape index (κ2) is 4.83. The molecule has 1 heterocycles. The Bertz CT molecular complexity index is 330. The summed E-state index contributed by atoms with van der Waals surface area (Å²) in [6.07, 6.45) is 0.538. The number of rotatable bonds is 1. The van der Waals surface area contributed by atoms with Crippen LogP contribution in [-0.2, 0) is 5.54 Å². The van der Waals surface area contributed by atoms with Crippen molar-refractivity contribution in [3.63, 3.8) is 0 Å². The molecule has 0 radical (unpaired) electrons. The Balaban J connectivity index is 0.00000112. The predicted molar refractivity (Wildman–Crippen MR) is 67.4 cm³/mol. The van der Waals surface area contributed by atoms with Crippen molar-refractivity contribution in [1.29, 1.82) is 0 Å². The molecule has 2 atom stereocenters. The van der Waals surface area contributed by atoms with E-state index in [1.54, 1.807) is 0 Å². The van der Waals surface area contributed by atoms with Gasteiger partial charge in [0.1, 0.15) is 0 Å². The van der Waals surface area contributed by atoms with Crippen molar-refractivity contribution in [3.05, 3.63) is 34.3 Å². The number of halogens is 2. The zero-order valence-corrected chi connectivity index (χ0v) is 10.9. The largest absolute Gasteiger partial charge is 0.391 e. The molecule has 0 amide bonds. The van der Waals surface area contributed by atoms with Crippen molar-refractivity contribution >= 4 is 28.3 Å². The van der Waals surface area contributed by atoms with Crippen molar-refractivity contribution in [3.8, 4) is 0 Å². The van der Waals surface area contributed by atoms with Crippen LogP contribution in [0.15, 0.2) is 28.7 Å². The van der Waals surface area contributed by atoms with E-state index in [-0.39, 0.29) is 24.0 Å². The Labute approximate surface area is 105 Å². The summed E-state index contributed by atoms with van der Waals surface area (Å²) in [7, 11) is 0. The first-order chi connectivity index (χ1) is 6.63. The molecule has 15 heavy (non-hydrogen) atoms. The minimum atomic E-state index is -0.288. The van der Waals surface area contributed by atoms with Crippen LogP contribution in [0.1, 0.15) is 18.9 Å². The molecule has 4 heteroatoms. The Kier molecular flexibility index (Phi) is 4.18.